The lowest BCUT2D eigenvalue weighted by Crippen LogP contribution is -2.27. The first-order valence-electron chi connectivity index (χ1n) is 7.73. The van der Waals surface area contributed by atoms with Gasteiger partial charge in [-0.05, 0) is 42.7 Å². The van der Waals surface area contributed by atoms with E-state index < -0.39 is 0 Å². The fraction of sp³-hybridized carbons (Fsp3) is 0.667. The van der Waals surface area contributed by atoms with Gasteiger partial charge in [0.1, 0.15) is 5.82 Å². The van der Waals surface area contributed by atoms with Crippen LogP contribution in [0.3, 0.4) is 0 Å². The van der Waals surface area contributed by atoms with Gasteiger partial charge < -0.3 is 5.32 Å². The maximum absolute atomic E-state index is 14.3. The summed E-state index contributed by atoms with van der Waals surface area (Å²) in [5.41, 5.74) is 2.45. The van der Waals surface area contributed by atoms with Crippen LogP contribution < -0.4 is 5.32 Å². The first kappa shape index (κ1) is 15.5. The molecular formula is C18H28FN. The number of hydrogen-bond acceptors (Lipinski definition) is 1. The van der Waals surface area contributed by atoms with Crippen molar-refractivity contribution in [2.24, 2.45) is 16.7 Å². The molecule has 0 saturated heterocycles. The molecule has 1 atom stereocenters. The quantitative estimate of drug-likeness (QED) is 0.810. The smallest absolute Gasteiger partial charge is 0.128 e. The molecule has 0 radical (unpaired) electrons. The fourth-order valence-electron chi connectivity index (χ4n) is 3.69. The van der Waals surface area contributed by atoms with Gasteiger partial charge in [-0.1, -0.05) is 52.3 Å². The van der Waals surface area contributed by atoms with E-state index in [1.54, 1.807) is 6.07 Å². The molecular weight excluding hydrogens is 249 g/mol. The zero-order valence-electron chi connectivity index (χ0n) is 13.7. The number of aryl methyl sites for hydroxylation is 1. The molecule has 0 aliphatic heterocycles. The average molecular weight is 277 g/mol. The Morgan fingerprint density at radius 3 is 2.30 bits per heavy atom. The summed E-state index contributed by atoms with van der Waals surface area (Å²) in [6, 6.07) is 5.57. The standard InChI is InChI=1S/C18H28FN/c1-7-10-20-15(16-17(3,4)18(16,5)6)13-11-12(2)8-9-14(13)19/h8-9,11,15-16,20H,7,10H2,1-6H3. The van der Waals surface area contributed by atoms with Gasteiger partial charge in [0.15, 0.2) is 0 Å². The van der Waals surface area contributed by atoms with Gasteiger partial charge in [-0.2, -0.15) is 0 Å². The Balaban J connectivity index is 2.37. The molecule has 1 nitrogen and oxygen atoms in total. The summed E-state index contributed by atoms with van der Waals surface area (Å²) in [6.07, 6.45) is 1.07. The topological polar surface area (TPSA) is 12.0 Å². The van der Waals surface area contributed by atoms with Crippen LogP contribution in [0.2, 0.25) is 0 Å². The molecule has 0 aromatic heterocycles. The molecule has 1 aliphatic rings. The zero-order valence-corrected chi connectivity index (χ0v) is 13.7. The minimum atomic E-state index is -0.0808. The van der Waals surface area contributed by atoms with Gasteiger partial charge in [-0.15, -0.1) is 0 Å². The second-order valence-corrected chi connectivity index (χ2v) is 7.38. The van der Waals surface area contributed by atoms with Crippen LogP contribution in [-0.4, -0.2) is 6.54 Å². The van der Waals surface area contributed by atoms with Gasteiger partial charge in [0.25, 0.3) is 0 Å². The van der Waals surface area contributed by atoms with E-state index in [1.165, 1.54) is 0 Å². The highest BCUT2D eigenvalue weighted by Crippen LogP contribution is 2.72. The molecule has 2 rings (SSSR count). The number of nitrogens with one attached hydrogen (secondary N) is 1. The summed E-state index contributed by atoms with van der Waals surface area (Å²) in [5, 5.41) is 3.59. The third-order valence-corrected chi connectivity index (χ3v) is 5.57. The minimum Gasteiger partial charge on any atom is -0.310 e. The molecule has 1 unspecified atom stereocenters. The van der Waals surface area contributed by atoms with Gasteiger partial charge in [0, 0.05) is 11.6 Å². The Labute approximate surface area is 123 Å². The second kappa shape index (κ2) is 5.14. The van der Waals surface area contributed by atoms with E-state index in [1.807, 2.05) is 19.1 Å². The Kier molecular flexibility index (Phi) is 3.98. The number of rotatable bonds is 5. The van der Waals surface area contributed by atoms with Crippen molar-refractivity contribution in [1.29, 1.82) is 0 Å². The van der Waals surface area contributed by atoms with E-state index in [0.717, 1.165) is 24.1 Å². The average Bonchev–Trinajstić information content (AvgIpc) is 2.76. The number of halogens is 1. The summed E-state index contributed by atoms with van der Waals surface area (Å²) in [5.74, 6) is 0.389. The normalized spacial score (nSPS) is 21.8. The van der Waals surface area contributed by atoms with Crippen LogP contribution in [0.15, 0.2) is 18.2 Å². The van der Waals surface area contributed by atoms with E-state index in [4.69, 9.17) is 0 Å². The van der Waals surface area contributed by atoms with Crippen LogP contribution in [0.25, 0.3) is 0 Å². The lowest BCUT2D eigenvalue weighted by molar-refractivity contribution is 0.396. The summed E-state index contributed by atoms with van der Waals surface area (Å²) in [7, 11) is 0. The first-order chi connectivity index (χ1) is 9.23. The summed E-state index contributed by atoms with van der Waals surface area (Å²) < 4.78 is 14.3. The van der Waals surface area contributed by atoms with Gasteiger partial charge in [-0.3, -0.25) is 0 Å². The fourth-order valence-corrected chi connectivity index (χ4v) is 3.69. The summed E-state index contributed by atoms with van der Waals surface area (Å²) in [4.78, 5) is 0. The lowest BCUT2D eigenvalue weighted by atomic mass is 9.94. The molecule has 1 fully saturated rings. The first-order valence-corrected chi connectivity index (χ1v) is 7.73. The van der Waals surface area contributed by atoms with Crippen molar-refractivity contribution in [1.82, 2.24) is 5.32 Å². The van der Waals surface area contributed by atoms with E-state index in [9.17, 15) is 4.39 Å². The molecule has 1 aliphatic carbocycles. The summed E-state index contributed by atoms with van der Waals surface area (Å²) >= 11 is 0. The Morgan fingerprint density at radius 2 is 1.80 bits per heavy atom. The molecule has 0 spiro atoms. The molecule has 0 amide bonds. The van der Waals surface area contributed by atoms with Gasteiger partial charge >= 0.3 is 0 Å². The molecule has 1 N–H and O–H groups in total. The van der Waals surface area contributed by atoms with E-state index in [2.05, 4.69) is 39.9 Å². The van der Waals surface area contributed by atoms with Crippen molar-refractivity contribution >= 4 is 0 Å². The molecule has 1 aromatic carbocycles. The second-order valence-electron chi connectivity index (χ2n) is 7.38. The van der Waals surface area contributed by atoms with Crippen molar-refractivity contribution < 1.29 is 4.39 Å². The van der Waals surface area contributed by atoms with E-state index in [-0.39, 0.29) is 22.7 Å². The van der Waals surface area contributed by atoms with Gasteiger partial charge in [-0.25, -0.2) is 4.39 Å². The Hall–Kier alpha value is -0.890. The highest BCUT2D eigenvalue weighted by molar-refractivity contribution is 5.31. The van der Waals surface area contributed by atoms with Crippen LogP contribution >= 0.6 is 0 Å². The predicted octanol–water partition coefficient (Wildman–Crippen LogP) is 4.86. The van der Waals surface area contributed by atoms with Crippen LogP contribution in [0.5, 0.6) is 0 Å². The predicted molar refractivity (Wildman–Crippen MR) is 83.2 cm³/mol. The maximum atomic E-state index is 14.3. The van der Waals surface area contributed by atoms with Crippen molar-refractivity contribution in [2.75, 3.05) is 6.54 Å². The van der Waals surface area contributed by atoms with E-state index >= 15 is 0 Å². The van der Waals surface area contributed by atoms with Gasteiger partial charge in [0.2, 0.25) is 0 Å². The van der Waals surface area contributed by atoms with Crippen molar-refractivity contribution in [3.05, 3.63) is 35.1 Å². The maximum Gasteiger partial charge on any atom is 0.128 e. The third kappa shape index (κ3) is 2.39. The molecule has 112 valence electrons. The van der Waals surface area contributed by atoms with Crippen LogP contribution in [0.4, 0.5) is 4.39 Å². The minimum absolute atomic E-state index is 0.0808. The zero-order chi connectivity index (χ0) is 15.1. The molecule has 2 heteroatoms. The molecule has 20 heavy (non-hydrogen) atoms. The highest BCUT2D eigenvalue weighted by atomic mass is 19.1. The Morgan fingerprint density at radius 1 is 1.20 bits per heavy atom. The van der Waals surface area contributed by atoms with Crippen molar-refractivity contribution in [3.63, 3.8) is 0 Å². The van der Waals surface area contributed by atoms with Crippen LogP contribution in [0.1, 0.15) is 58.2 Å². The third-order valence-electron chi connectivity index (χ3n) is 5.57. The molecule has 0 heterocycles. The highest BCUT2D eigenvalue weighted by Gasteiger charge is 2.67. The molecule has 0 bridgehead atoms. The van der Waals surface area contributed by atoms with Crippen molar-refractivity contribution in [2.45, 2.75) is 54.0 Å². The SMILES string of the molecule is CCCNC(c1cc(C)ccc1F)C1C(C)(C)C1(C)C. The Bertz CT molecular complexity index is 476. The van der Waals surface area contributed by atoms with Gasteiger partial charge in [0.05, 0.1) is 0 Å². The largest absolute Gasteiger partial charge is 0.310 e. The number of hydrogen-bond donors (Lipinski definition) is 1. The monoisotopic (exact) mass is 277 g/mol. The van der Waals surface area contributed by atoms with Crippen molar-refractivity contribution in [3.8, 4) is 0 Å². The summed E-state index contributed by atoms with van der Waals surface area (Å²) in [6.45, 7) is 14.3. The van der Waals surface area contributed by atoms with Crippen LogP contribution in [0, 0.1) is 29.5 Å². The van der Waals surface area contributed by atoms with Crippen LogP contribution in [-0.2, 0) is 0 Å². The van der Waals surface area contributed by atoms with E-state index in [0.29, 0.717) is 5.92 Å². The number of benzene rings is 1. The molecule has 1 saturated carbocycles. The lowest BCUT2D eigenvalue weighted by Gasteiger charge is -2.22. The molecule has 1 aromatic rings.